The van der Waals surface area contributed by atoms with Crippen molar-refractivity contribution in [2.75, 3.05) is 13.2 Å². The quantitative estimate of drug-likeness (QED) is 0.867. The zero-order valence-corrected chi connectivity index (χ0v) is 12.9. The van der Waals surface area contributed by atoms with Crippen molar-refractivity contribution < 1.29 is 14.3 Å². The van der Waals surface area contributed by atoms with E-state index >= 15 is 0 Å². The second-order valence-electron chi connectivity index (χ2n) is 5.94. The molecule has 0 aromatic carbocycles. The third-order valence-corrected chi connectivity index (χ3v) is 4.27. The third kappa shape index (κ3) is 2.70. The highest BCUT2D eigenvalue weighted by Crippen LogP contribution is 2.19. The molecule has 2 aromatic heterocycles. The van der Waals surface area contributed by atoms with Gasteiger partial charge in [0, 0.05) is 20.0 Å². The summed E-state index contributed by atoms with van der Waals surface area (Å²) >= 11 is 0. The maximum Gasteiger partial charge on any atom is 0.269 e. The first-order valence-corrected chi connectivity index (χ1v) is 7.79. The van der Waals surface area contributed by atoms with Gasteiger partial charge >= 0.3 is 0 Å². The highest BCUT2D eigenvalue weighted by molar-refractivity contribution is 5.92. The molecule has 1 N–H and O–H groups in total. The van der Waals surface area contributed by atoms with E-state index in [1.165, 1.54) is 0 Å². The maximum absolute atomic E-state index is 12.5. The summed E-state index contributed by atoms with van der Waals surface area (Å²) in [5.74, 6) is 1.54. The van der Waals surface area contributed by atoms with Crippen molar-refractivity contribution in [3.63, 3.8) is 0 Å². The fourth-order valence-electron chi connectivity index (χ4n) is 3.10. The highest BCUT2D eigenvalue weighted by Gasteiger charge is 2.33. The Kier molecular flexibility index (Phi) is 3.53. The van der Waals surface area contributed by atoms with Gasteiger partial charge in [-0.05, 0) is 6.42 Å². The standard InChI is InChI=1S/C15H19N5O3/c1-19-7-10(5-17-19)23-13-9-22-8-11(13)18-15(21)12-6-16-14-3-2-4-20(12)14/h5-7,11,13H,2-4,8-9H2,1H3,(H,18,21)/t11-,13+/m0/s1. The minimum absolute atomic E-state index is 0.124. The number of hydrogen-bond acceptors (Lipinski definition) is 5. The first-order valence-electron chi connectivity index (χ1n) is 7.79. The Hall–Kier alpha value is -2.35. The number of nitrogens with zero attached hydrogens (tertiary/aromatic N) is 4. The molecule has 4 rings (SSSR count). The van der Waals surface area contributed by atoms with Gasteiger partial charge < -0.3 is 19.4 Å². The number of hydrogen-bond donors (Lipinski definition) is 1. The lowest BCUT2D eigenvalue weighted by molar-refractivity contribution is 0.0895. The molecule has 4 heterocycles. The lowest BCUT2D eigenvalue weighted by Crippen LogP contribution is -2.45. The SMILES string of the molecule is Cn1cc(O[C@@H]2COC[C@@H]2NC(=O)c2cnc3n2CCC3)cn1. The lowest BCUT2D eigenvalue weighted by Gasteiger charge is -2.19. The first-order chi connectivity index (χ1) is 11.2. The first kappa shape index (κ1) is 14.3. The van der Waals surface area contributed by atoms with E-state index in [4.69, 9.17) is 9.47 Å². The zero-order valence-electron chi connectivity index (χ0n) is 12.9. The van der Waals surface area contributed by atoms with Crippen molar-refractivity contribution >= 4 is 5.91 Å². The molecule has 0 spiro atoms. The van der Waals surface area contributed by atoms with Crippen molar-refractivity contribution in [1.82, 2.24) is 24.6 Å². The second kappa shape index (κ2) is 5.69. The van der Waals surface area contributed by atoms with E-state index in [0.29, 0.717) is 24.7 Å². The molecule has 2 atom stereocenters. The van der Waals surface area contributed by atoms with Crippen molar-refractivity contribution in [2.24, 2.45) is 7.05 Å². The summed E-state index contributed by atoms with van der Waals surface area (Å²) in [4.78, 5) is 16.8. The number of amides is 1. The number of aryl methyl sites for hydroxylation is 2. The van der Waals surface area contributed by atoms with Gasteiger partial charge in [0.2, 0.25) is 0 Å². The molecule has 2 aliphatic heterocycles. The average Bonchev–Trinajstić information content (AvgIpc) is 3.25. The molecule has 0 bridgehead atoms. The Morgan fingerprint density at radius 1 is 1.43 bits per heavy atom. The van der Waals surface area contributed by atoms with E-state index in [-0.39, 0.29) is 18.1 Å². The van der Waals surface area contributed by atoms with E-state index in [0.717, 1.165) is 25.2 Å². The van der Waals surface area contributed by atoms with Gasteiger partial charge in [-0.1, -0.05) is 0 Å². The van der Waals surface area contributed by atoms with Crippen molar-refractivity contribution in [3.8, 4) is 5.75 Å². The van der Waals surface area contributed by atoms with Crippen LogP contribution in [0.3, 0.4) is 0 Å². The lowest BCUT2D eigenvalue weighted by atomic mass is 10.2. The summed E-state index contributed by atoms with van der Waals surface area (Å²) in [6, 6.07) is -0.185. The third-order valence-electron chi connectivity index (χ3n) is 4.27. The summed E-state index contributed by atoms with van der Waals surface area (Å²) in [6.07, 6.45) is 6.86. The fourth-order valence-corrected chi connectivity index (χ4v) is 3.10. The number of fused-ring (bicyclic) bond motifs is 1. The molecule has 0 unspecified atom stereocenters. The number of rotatable bonds is 4. The Morgan fingerprint density at radius 2 is 2.35 bits per heavy atom. The van der Waals surface area contributed by atoms with Gasteiger partial charge in [0.15, 0.2) is 5.75 Å². The van der Waals surface area contributed by atoms with Crippen LogP contribution in [-0.2, 0) is 24.8 Å². The largest absolute Gasteiger partial charge is 0.482 e. The van der Waals surface area contributed by atoms with E-state index in [2.05, 4.69) is 15.4 Å². The number of aromatic nitrogens is 4. The van der Waals surface area contributed by atoms with Gasteiger partial charge in [0.1, 0.15) is 17.6 Å². The molecule has 23 heavy (non-hydrogen) atoms. The predicted molar refractivity (Wildman–Crippen MR) is 80.2 cm³/mol. The Balaban J connectivity index is 1.43. The molecule has 122 valence electrons. The average molecular weight is 317 g/mol. The molecule has 8 nitrogen and oxygen atoms in total. The number of imidazole rings is 1. The summed E-state index contributed by atoms with van der Waals surface area (Å²) in [6.45, 7) is 1.75. The van der Waals surface area contributed by atoms with Crippen LogP contribution in [0.4, 0.5) is 0 Å². The van der Waals surface area contributed by atoms with Crippen LogP contribution in [0.2, 0.25) is 0 Å². The van der Waals surface area contributed by atoms with Crippen LogP contribution in [0.5, 0.6) is 5.75 Å². The molecular formula is C15H19N5O3. The summed E-state index contributed by atoms with van der Waals surface area (Å²) in [5.41, 5.74) is 0.615. The van der Waals surface area contributed by atoms with E-state index in [1.807, 2.05) is 11.6 Å². The maximum atomic E-state index is 12.5. The summed E-state index contributed by atoms with van der Waals surface area (Å²) < 4.78 is 15.0. The number of ether oxygens (including phenoxy) is 2. The Bertz CT molecular complexity index is 723. The molecule has 0 saturated carbocycles. The molecule has 1 saturated heterocycles. The van der Waals surface area contributed by atoms with Gasteiger partial charge in [-0.2, -0.15) is 5.10 Å². The van der Waals surface area contributed by atoms with Crippen LogP contribution in [0, 0.1) is 0 Å². The fraction of sp³-hybridized carbons (Fsp3) is 0.533. The number of carbonyl (C=O) groups excluding carboxylic acids is 1. The van der Waals surface area contributed by atoms with E-state index in [9.17, 15) is 4.79 Å². The normalized spacial score (nSPS) is 23.0. The molecule has 1 amide bonds. The topological polar surface area (TPSA) is 83.2 Å². The number of nitrogens with one attached hydrogen (secondary N) is 1. The molecular weight excluding hydrogens is 298 g/mol. The molecule has 0 radical (unpaired) electrons. The van der Waals surface area contributed by atoms with Crippen LogP contribution in [0.1, 0.15) is 22.7 Å². The van der Waals surface area contributed by atoms with E-state index < -0.39 is 0 Å². The van der Waals surface area contributed by atoms with Crippen LogP contribution >= 0.6 is 0 Å². The van der Waals surface area contributed by atoms with E-state index in [1.54, 1.807) is 23.3 Å². The highest BCUT2D eigenvalue weighted by atomic mass is 16.5. The minimum Gasteiger partial charge on any atom is -0.482 e. The Labute approximate surface area is 133 Å². The van der Waals surface area contributed by atoms with Gasteiger partial charge in [-0.15, -0.1) is 0 Å². The molecule has 2 aromatic rings. The van der Waals surface area contributed by atoms with Crippen LogP contribution in [0.15, 0.2) is 18.6 Å². The van der Waals surface area contributed by atoms with Crippen molar-refractivity contribution in [1.29, 1.82) is 0 Å². The monoisotopic (exact) mass is 317 g/mol. The van der Waals surface area contributed by atoms with Gasteiger partial charge in [-0.25, -0.2) is 4.98 Å². The smallest absolute Gasteiger partial charge is 0.269 e. The summed E-state index contributed by atoms with van der Waals surface area (Å²) in [5, 5.41) is 7.09. The molecule has 8 heteroatoms. The molecule has 1 fully saturated rings. The van der Waals surface area contributed by atoms with Crippen molar-refractivity contribution in [3.05, 3.63) is 30.1 Å². The molecule has 0 aliphatic carbocycles. The molecule has 2 aliphatic rings. The minimum atomic E-state index is -0.218. The zero-order chi connectivity index (χ0) is 15.8. The van der Waals surface area contributed by atoms with Crippen LogP contribution in [0.25, 0.3) is 0 Å². The van der Waals surface area contributed by atoms with Gasteiger partial charge in [-0.3, -0.25) is 9.48 Å². The number of carbonyl (C=O) groups is 1. The van der Waals surface area contributed by atoms with Gasteiger partial charge in [0.25, 0.3) is 5.91 Å². The summed E-state index contributed by atoms with van der Waals surface area (Å²) in [7, 11) is 1.83. The Morgan fingerprint density at radius 3 is 3.17 bits per heavy atom. The van der Waals surface area contributed by atoms with Crippen LogP contribution in [-0.4, -0.2) is 50.6 Å². The van der Waals surface area contributed by atoms with Crippen LogP contribution < -0.4 is 10.1 Å². The van der Waals surface area contributed by atoms with Gasteiger partial charge in [0.05, 0.1) is 37.8 Å². The second-order valence-corrected chi connectivity index (χ2v) is 5.94. The predicted octanol–water partition coefficient (Wildman–Crippen LogP) is 0.139. The van der Waals surface area contributed by atoms with Crippen molar-refractivity contribution in [2.45, 2.75) is 31.5 Å².